The molecule has 0 aromatic carbocycles. The molecule has 4 atom stereocenters. The molecule has 0 bridgehead atoms. The maximum absolute atomic E-state index is 4.71. The Morgan fingerprint density at radius 1 is 0.722 bits per heavy atom. The Balaban J connectivity index is -0.000000709. The van der Waals surface area contributed by atoms with Crippen molar-refractivity contribution in [2.24, 2.45) is 0 Å². The second-order valence-electron chi connectivity index (χ2n) is 4.75. The molecule has 18 heavy (non-hydrogen) atoms. The molecule has 0 spiro atoms. The summed E-state index contributed by atoms with van der Waals surface area (Å²) in [6, 6.07) is 1.89. The minimum Gasteiger partial charge on any atom is -0.657 e. The van der Waals surface area contributed by atoms with Crippen molar-refractivity contribution in [3.05, 3.63) is 17.6 Å². The topological polar surface area (TPSA) is 28.2 Å². The van der Waals surface area contributed by atoms with Gasteiger partial charge in [-0.25, -0.2) is 0 Å². The Morgan fingerprint density at radius 2 is 1.00 bits per heavy atom. The molecule has 2 nitrogen and oxygen atoms in total. The molecule has 3 heteroatoms. The summed E-state index contributed by atoms with van der Waals surface area (Å²) < 4.78 is 0. The van der Waals surface area contributed by atoms with Crippen molar-refractivity contribution in [1.29, 1.82) is 0 Å². The van der Waals surface area contributed by atoms with Gasteiger partial charge in [0.05, 0.1) is 0 Å². The molecular formula is C15H33N2Zn-3. The summed E-state index contributed by atoms with van der Waals surface area (Å²) in [5.41, 5.74) is 0. The first kappa shape index (κ1) is 23.6. The second kappa shape index (κ2) is 15.6. The summed E-state index contributed by atoms with van der Waals surface area (Å²) in [5.74, 6) is 0. The van der Waals surface area contributed by atoms with Crippen LogP contribution < -0.4 is 0 Å². The number of hydrogen-bond donors (Lipinski definition) is 0. The second-order valence-corrected chi connectivity index (χ2v) is 4.75. The molecule has 0 N–H and O–H groups in total. The SMILES string of the molecule is CCC(C)[N-]C(C)CC(C)[N-]C(C)CC.[CH2-]C.[Zn]. The van der Waals surface area contributed by atoms with E-state index in [1.807, 2.05) is 0 Å². The molecule has 0 aliphatic heterocycles. The van der Waals surface area contributed by atoms with E-state index in [1.165, 1.54) is 0 Å². The van der Waals surface area contributed by atoms with Gasteiger partial charge in [0.1, 0.15) is 0 Å². The normalized spacial score (nSPS) is 16.7. The van der Waals surface area contributed by atoms with Crippen molar-refractivity contribution in [3.8, 4) is 0 Å². The Labute approximate surface area is 129 Å². The molecule has 0 heterocycles. The van der Waals surface area contributed by atoms with Gasteiger partial charge in [-0.3, -0.25) is 0 Å². The zero-order valence-corrected chi connectivity index (χ0v) is 16.7. The standard InChI is InChI=1S/C13H28N2.C2H5.Zn/c1-7-10(3)14-12(5)9-13(6)15-11(4)8-2;1-2;/h10-13H,7-9H2,1-6H3;1H2,2H3;/q-2;-1;. The predicted octanol–water partition coefficient (Wildman–Crippen LogP) is 5.34. The van der Waals surface area contributed by atoms with Gasteiger partial charge in [0.25, 0.3) is 0 Å². The first-order valence-corrected chi connectivity index (χ1v) is 7.10. The van der Waals surface area contributed by atoms with Crippen molar-refractivity contribution in [2.75, 3.05) is 0 Å². The quantitative estimate of drug-likeness (QED) is 0.428. The Kier molecular flexibility index (Phi) is 20.5. The van der Waals surface area contributed by atoms with E-state index in [4.69, 9.17) is 10.6 Å². The van der Waals surface area contributed by atoms with Gasteiger partial charge in [0.2, 0.25) is 0 Å². The van der Waals surface area contributed by atoms with Crippen molar-refractivity contribution in [1.82, 2.24) is 0 Å². The molecule has 108 valence electrons. The molecule has 0 aromatic heterocycles. The summed E-state index contributed by atoms with van der Waals surface area (Å²) in [4.78, 5) is 0. The first-order chi connectivity index (χ1) is 7.99. The van der Waals surface area contributed by atoms with Gasteiger partial charge in [-0.05, 0) is 0 Å². The van der Waals surface area contributed by atoms with Crippen molar-refractivity contribution < 1.29 is 19.5 Å². The van der Waals surface area contributed by atoms with E-state index in [1.54, 1.807) is 6.92 Å². The van der Waals surface area contributed by atoms with Crippen LogP contribution in [0.25, 0.3) is 10.6 Å². The summed E-state index contributed by atoms with van der Waals surface area (Å²) in [6.45, 7) is 18.2. The summed E-state index contributed by atoms with van der Waals surface area (Å²) in [5, 5.41) is 9.42. The molecule has 0 saturated heterocycles. The Morgan fingerprint density at radius 3 is 1.22 bits per heavy atom. The predicted molar refractivity (Wildman–Crippen MR) is 80.8 cm³/mol. The first-order valence-electron chi connectivity index (χ1n) is 7.10. The van der Waals surface area contributed by atoms with Crippen LogP contribution in [0.1, 0.15) is 67.7 Å². The van der Waals surface area contributed by atoms with Crippen LogP contribution in [0.2, 0.25) is 0 Å². The molecule has 0 amide bonds. The van der Waals surface area contributed by atoms with Gasteiger partial charge in [-0.2, -0.15) is 6.92 Å². The average Bonchev–Trinajstić information content (AvgIpc) is 2.30. The third kappa shape index (κ3) is 14.6. The van der Waals surface area contributed by atoms with E-state index < -0.39 is 0 Å². The number of hydrogen-bond acceptors (Lipinski definition) is 0. The van der Waals surface area contributed by atoms with Gasteiger partial charge in [0.15, 0.2) is 0 Å². The van der Waals surface area contributed by atoms with Crippen LogP contribution >= 0.6 is 0 Å². The van der Waals surface area contributed by atoms with Crippen molar-refractivity contribution in [3.63, 3.8) is 0 Å². The summed E-state index contributed by atoms with van der Waals surface area (Å²) in [6.07, 6.45) is 3.37. The van der Waals surface area contributed by atoms with Crippen LogP contribution in [0.15, 0.2) is 0 Å². The van der Waals surface area contributed by atoms with Crippen molar-refractivity contribution in [2.45, 2.75) is 91.9 Å². The van der Waals surface area contributed by atoms with E-state index in [0.29, 0.717) is 24.2 Å². The fraction of sp³-hybridized carbons (Fsp3) is 0.933. The van der Waals surface area contributed by atoms with Crippen LogP contribution in [0, 0.1) is 6.92 Å². The maximum atomic E-state index is 4.71. The minimum atomic E-state index is 0. The third-order valence-electron chi connectivity index (χ3n) is 2.88. The van der Waals surface area contributed by atoms with Crippen molar-refractivity contribution >= 4 is 0 Å². The van der Waals surface area contributed by atoms with E-state index >= 15 is 0 Å². The van der Waals surface area contributed by atoms with E-state index in [9.17, 15) is 0 Å². The molecule has 0 rings (SSSR count). The van der Waals surface area contributed by atoms with Crippen LogP contribution in [0.3, 0.4) is 0 Å². The molecule has 4 unspecified atom stereocenters. The van der Waals surface area contributed by atoms with Gasteiger partial charge in [-0.15, -0.1) is 24.2 Å². The fourth-order valence-electron chi connectivity index (χ4n) is 1.70. The fourth-order valence-corrected chi connectivity index (χ4v) is 1.70. The van der Waals surface area contributed by atoms with Gasteiger partial charge >= 0.3 is 0 Å². The molecule has 0 saturated carbocycles. The zero-order valence-electron chi connectivity index (χ0n) is 13.7. The number of rotatable bonds is 8. The van der Waals surface area contributed by atoms with E-state index in [0.717, 1.165) is 19.3 Å². The molecule has 0 radical (unpaired) electrons. The zero-order chi connectivity index (χ0) is 13.8. The average molecular weight is 307 g/mol. The van der Waals surface area contributed by atoms with Crippen LogP contribution in [0.5, 0.6) is 0 Å². The van der Waals surface area contributed by atoms with E-state index in [-0.39, 0.29) is 19.5 Å². The molecule has 0 fully saturated rings. The van der Waals surface area contributed by atoms with Gasteiger partial charge in [0, 0.05) is 19.5 Å². The third-order valence-corrected chi connectivity index (χ3v) is 2.88. The maximum Gasteiger partial charge on any atom is 0 e. The molecule has 0 aromatic rings. The molecular weight excluding hydrogens is 274 g/mol. The number of nitrogens with zero attached hydrogens (tertiary/aromatic N) is 2. The molecule has 0 aliphatic rings. The minimum absolute atomic E-state index is 0. The van der Waals surface area contributed by atoms with Gasteiger partial charge < -0.3 is 17.6 Å². The monoisotopic (exact) mass is 305 g/mol. The summed E-state index contributed by atoms with van der Waals surface area (Å²) in [7, 11) is 0. The van der Waals surface area contributed by atoms with Crippen LogP contribution in [0.4, 0.5) is 0 Å². The molecule has 0 aliphatic carbocycles. The summed E-state index contributed by atoms with van der Waals surface area (Å²) >= 11 is 0. The smallest absolute Gasteiger partial charge is 0 e. The van der Waals surface area contributed by atoms with Crippen LogP contribution in [-0.2, 0) is 19.5 Å². The largest absolute Gasteiger partial charge is 0.657 e. The van der Waals surface area contributed by atoms with Crippen LogP contribution in [-0.4, -0.2) is 24.2 Å². The Hall–Kier alpha value is 0.543. The van der Waals surface area contributed by atoms with E-state index in [2.05, 4.69) is 48.5 Å². The van der Waals surface area contributed by atoms with Gasteiger partial charge in [-0.1, -0.05) is 60.8 Å². The Bertz CT molecular complexity index is 137.